The highest BCUT2D eigenvalue weighted by Gasteiger charge is 2.15. The van der Waals surface area contributed by atoms with Gasteiger partial charge in [-0.3, -0.25) is 10.8 Å². The van der Waals surface area contributed by atoms with Gasteiger partial charge in [-0.25, -0.2) is 0 Å². The third-order valence-corrected chi connectivity index (χ3v) is 3.01. The minimum Gasteiger partial charge on any atom is -0.382 e. The maximum absolute atomic E-state index is 8.78. The van der Waals surface area contributed by atoms with Crippen molar-refractivity contribution < 1.29 is 0 Å². The number of hydrazone groups is 1. The van der Waals surface area contributed by atoms with Crippen molar-refractivity contribution in [3.05, 3.63) is 28.8 Å². The van der Waals surface area contributed by atoms with E-state index in [4.69, 9.17) is 16.4 Å². The highest BCUT2D eigenvalue weighted by Crippen LogP contribution is 2.30. The van der Waals surface area contributed by atoms with Crippen molar-refractivity contribution in [2.75, 3.05) is 5.43 Å². The minimum atomic E-state index is -0.325. The number of fused-ring (bicyclic) bond motifs is 1. The Morgan fingerprint density at radius 2 is 2.28 bits per heavy atom. The van der Waals surface area contributed by atoms with Crippen LogP contribution in [-0.2, 0) is 12.8 Å². The van der Waals surface area contributed by atoms with Gasteiger partial charge in [-0.15, -0.1) is 0 Å². The molecule has 0 bridgehead atoms. The lowest BCUT2D eigenvalue weighted by Crippen LogP contribution is -2.22. The molecule has 18 heavy (non-hydrogen) atoms. The second kappa shape index (κ2) is 4.88. The van der Waals surface area contributed by atoms with E-state index in [0.717, 1.165) is 30.5 Å². The molecule has 0 unspecified atom stereocenters. The van der Waals surface area contributed by atoms with Gasteiger partial charge in [0.15, 0.2) is 5.84 Å². The molecule has 2 rings (SSSR count). The second-order valence-electron chi connectivity index (χ2n) is 4.40. The molecule has 0 amide bonds. The molecule has 0 aromatic heterocycles. The topological polar surface area (TPSA) is 98.0 Å². The van der Waals surface area contributed by atoms with Crippen molar-refractivity contribution >= 4 is 17.2 Å². The first kappa shape index (κ1) is 12.1. The largest absolute Gasteiger partial charge is 0.382 e. The molecule has 92 valence electrons. The van der Waals surface area contributed by atoms with E-state index in [2.05, 4.69) is 16.6 Å². The number of benzene rings is 1. The van der Waals surface area contributed by atoms with Gasteiger partial charge in [0.05, 0.1) is 5.69 Å². The standard InChI is InChI=1S/C13H15N5/c1-8-5-9-3-2-4-10(9)11(6-8)17-18-12(7-14)13(15)16/h5-6,17H,2-4H2,1H3,(H3,15,16)/b18-12+. The van der Waals surface area contributed by atoms with Gasteiger partial charge < -0.3 is 5.73 Å². The van der Waals surface area contributed by atoms with Crippen molar-refractivity contribution in [2.45, 2.75) is 26.2 Å². The fourth-order valence-electron chi connectivity index (χ4n) is 2.23. The molecule has 0 radical (unpaired) electrons. The molecule has 0 spiro atoms. The van der Waals surface area contributed by atoms with E-state index in [0.29, 0.717) is 0 Å². The maximum Gasteiger partial charge on any atom is 0.201 e. The van der Waals surface area contributed by atoms with Gasteiger partial charge in [-0.2, -0.15) is 10.4 Å². The van der Waals surface area contributed by atoms with Gasteiger partial charge in [0.25, 0.3) is 0 Å². The highest BCUT2D eigenvalue weighted by atomic mass is 15.3. The first-order valence-corrected chi connectivity index (χ1v) is 5.82. The summed E-state index contributed by atoms with van der Waals surface area (Å²) in [6, 6.07) is 5.98. The molecular weight excluding hydrogens is 226 g/mol. The van der Waals surface area contributed by atoms with Gasteiger partial charge in [0.1, 0.15) is 6.07 Å². The summed E-state index contributed by atoms with van der Waals surface area (Å²) in [5.41, 5.74) is 12.7. The van der Waals surface area contributed by atoms with Crippen LogP contribution in [-0.4, -0.2) is 11.5 Å². The zero-order valence-electron chi connectivity index (χ0n) is 10.2. The molecule has 0 fully saturated rings. The van der Waals surface area contributed by atoms with Crippen LogP contribution in [0.3, 0.4) is 0 Å². The van der Waals surface area contributed by atoms with E-state index >= 15 is 0 Å². The number of nitrogens with zero attached hydrogens (tertiary/aromatic N) is 2. The number of hydrogen-bond donors (Lipinski definition) is 3. The number of amidine groups is 1. The van der Waals surface area contributed by atoms with E-state index < -0.39 is 0 Å². The Kier molecular flexibility index (Phi) is 3.28. The number of aryl methyl sites for hydroxylation is 2. The Hall–Kier alpha value is -2.35. The Morgan fingerprint density at radius 1 is 1.50 bits per heavy atom. The third-order valence-electron chi connectivity index (χ3n) is 3.01. The molecule has 1 aromatic carbocycles. The lowest BCUT2D eigenvalue weighted by molar-refractivity contribution is 0.911. The van der Waals surface area contributed by atoms with Gasteiger partial charge >= 0.3 is 0 Å². The van der Waals surface area contributed by atoms with Crippen LogP contribution in [0.15, 0.2) is 17.2 Å². The lowest BCUT2D eigenvalue weighted by atomic mass is 10.1. The smallest absolute Gasteiger partial charge is 0.201 e. The number of nitrogens with one attached hydrogen (secondary N) is 2. The van der Waals surface area contributed by atoms with E-state index in [9.17, 15) is 0 Å². The second-order valence-corrected chi connectivity index (χ2v) is 4.40. The van der Waals surface area contributed by atoms with E-state index in [-0.39, 0.29) is 11.5 Å². The molecule has 1 aromatic rings. The molecular formula is C13H15N5. The third kappa shape index (κ3) is 2.33. The zero-order chi connectivity index (χ0) is 13.1. The highest BCUT2D eigenvalue weighted by molar-refractivity contribution is 6.45. The molecule has 0 aliphatic heterocycles. The fraction of sp³-hybridized carbons (Fsp3) is 0.308. The first-order chi connectivity index (χ1) is 8.61. The maximum atomic E-state index is 8.78. The minimum absolute atomic E-state index is 0.0942. The van der Waals surface area contributed by atoms with Gasteiger partial charge in [0.2, 0.25) is 5.71 Å². The summed E-state index contributed by atoms with van der Waals surface area (Å²) in [6.07, 6.45) is 3.26. The monoisotopic (exact) mass is 241 g/mol. The molecule has 0 saturated heterocycles. The number of nitrogens with two attached hydrogens (primary N) is 1. The summed E-state index contributed by atoms with van der Waals surface area (Å²) in [5.74, 6) is -0.325. The number of rotatable bonds is 3. The molecule has 0 heterocycles. The van der Waals surface area contributed by atoms with Crippen LogP contribution in [0.4, 0.5) is 5.69 Å². The Bertz CT molecular complexity index is 565. The summed E-state index contributed by atoms with van der Waals surface area (Å²) in [5, 5.41) is 19.9. The Labute approximate surface area is 106 Å². The van der Waals surface area contributed by atoms with Crippen molar-refractivity contribution in [3.63, 3.8) is 0 Å². The predicted molar refractivity (Wildman–Crippen MR) is 71.8 cm³/mol. The van der Waals surface area contributed by atoms with Crippen LogP contribution >= 0.6 is 0 Å². The summed E-state index contributed by atoms with van der Waals surface area (Å²) >= 11 is 0. The van der Waals surface area contributed by atoms with Gasteiger partial charge in [0, 0.05) is 0 Å². The normalized spacial score (nSPS) is 13.9. The molecule has 5 heteroatoms. The average molecular weight is 241 g/mol. The van der Waals surface area contributed by atoms with E-state index in [1.807, 2.05) is 13.0 Å². The van der Waals surface area contributed by atoms with Gasteiger partial charge in [-0.1, -0.05) is 6.07 Å². The summed E-state index contributed by atoms with van der Waals surface area (Å²) in [4.78, 5) is 0. The summed E-state index contributed by atoms with van der Waals surface area (Å²) in [7, 11) is 0. The first-order valence-electron chi connectivity index (χ1n) is 5.82. The van der Waals surface area contributed by atoms with Gasteiger partial charge in [-0.05, 0) is 48.9 Å². The van der Waals surface area contributed by atoms with Crippen LogP contribution in [0.2, 0.25) is 0 Å². The summed E-state index contributed by atoms with van der Waals surface area (Å²) < 4.78 is 0. The molecule has 4 N–H and O–H groups in total. The molecule has 5 nitrogen and oxygen atoms in total. The van der Waals surface area contributed by atoms with Crippen LogP contribution in [0, 0.1) is 23.7 Å². The SMILES string of the molecule is Cc1cc2c(c(N/N=C(\C#N)C(=N)N)c1)CCC2. The van der Waals surface area contributed by atoms with Crippen LogP contribution in [0.5, 0.6) is 0 Å². The molecule has 1 aliphatic carbocycles. The fourth-order valence-corrected chi connectivity index (χ4v) is 2.23. The molecule has 0 saturated carbocycles. The number of anilines is 1. The van der Waals surface area contributed by atoms with E-state index in [1.165, 1.54) is 11.1 Å². The zero-order valence-corrected chi connectivity index (χ0v) is 10.2. The van der Waals surface area contributed by atoms with Crippen LogP contribution in [0.1, 0.15) is 23.1 Å². The Balaban J connectivity index is 2.31. The summed E-state index contributed by atoms with van der Waals surface area (Å²) in [6.45, 7) is 2.03. The molecule has 0 atom stereocenters. The predicted octanol–water partition coefficient (Wildman–Crippen LogP) is 1.71. The Morgan fingerprint density at radius 3 is 2.94 bits per heavy atom. The van der Waals surface area contributed by atoms with Crippen molar-refractivity contribution in [2.24, 2.45) is 10.8 Å². The number of nitriles is 1. The number of hydrogen-bond acceptors (Lipinski definition) is 4. The van der Waals surface area contributed by atoms with Crippen molar-refractivity contribution in [1.82, 2.24) is 0 Å². The van der Waals surface area contributed by atoms with Crippen molar-refractivity contribution in [3.8, 4) is 6.07 Å². The van der Waals surface area contributed by atoms with Crippen molar-refractivity contribution in [1.29, 1.82) is 10.7 Å². The molecule has 1 aliphatic rings. The van der Waals surface area contributed by atoms with Crippen LogP contribution < -0.4 is 11.2 Å². The van der Waals surface area contributed by atoms with E-state index in [1.54, 1.807) is 6.07 Å². The average Bonchev–Trinajstić information content (AvgIpc) is 2.77. The lowest BCUT2D eigenvalue weighted by Gasteiger charge is -2.09. The van der Waals surface area contributed by atoms with Crippen LogP contribution in [0.25, 0.3) is 0 Å². The quantitative estimate of drug-likeness (QED) is 0.427.